The molecule has 1 fully saturated rings. The van der Waals surface area contributed by atoms with E-state index in [1.165, 1.54) is 0 Å². The van der Waals surface area contributed by atoms with E-state index in [4.69, 9.17) is 9.16 Å². The van der Waals surface area contributed by atoms with E-state index < -0.39 is 8.32 Å². The summed E-state index contributed by atoms with van der Waals surface area (Å²) in [4.78, 5) is 15.6. The zero-order valence-electron chi connectivity index (χ0n) is 11.7. The summed E-state index contributed by atoms with van der Waals surface area (Å²) in [6.45, 7) is 11.0. The molecule has 2 unspecified atom stereocenters. The molecular formula is C13H21NO3Si. The van der Waals surface area contributed by atoms with Crippen LogP contribution in [0, 0.1) is 5.92 Å². The summed E-state index contributed by atoms with van der Waals surface area (Å²) in [6.07, 6.45) is 4.02. The quantitative estimate of drug-likeness (QED) is 0.439. The number of nitrogens with zero attached hydrogens (tertiary/aromatic N) is 1. The van der Waals surface area contributed by atoms with Gasteiger partial charge >= 0.3 is 5.97 Å². The molecule has 2 aliphatic rings. The van der Waals surface area contributed by atoms with Gasteiger partial charge in [-0.25, -0.2) is 4.99 Å². The van der Waals surface area contributed by atoms with E-state index in [1.54, 1.807) is 0 Å². The lowest BCUT2D eigenvalue weighted by Crippen LogP contribution is -2.43. The van der Waals surface area contributed by atoms with Crippen molar-refractivity contribution >= 4 is 20.2 Å². The highest BCUT2D eigenvalue weighted by Crippen LogP contribution is 2.38. The molecule has 4 nitrogen and oxygen atoms in total. The molecule has 0 bridgehead atoms. The standard InChI is InChI=1S/C13H21NO3Si/c1-13(2,3)18(4,5)17-10-7-6-9-8-11(15)16-12(9)14-10/h6-7,9-10H,8H2,1-5H3. The number of dihydropyridines is 1. The Kier molecular flexibility index (Phi) is 3.23. The van der Waals surface area contributed by atoms with Crippen LogP contribution in [-0.4, -0.2) is 26.4 Å². The molecule has 18 heavy (non-hydrogen) atoms. The van der Waals surface area contributed by atoms with Gasteiger partial charge in [0.1, 0.15) is 0 Å². The molecule has 2 aliphatic heterocycles. The lowest BCUT2D eigenvalue weighted by Gasteiger charge is -2.38. The molecule has 100 valence electrons. The highest BCUT2D eigenvalue weighted by Gasteiger charge is 2.40. The van der Waals surface area contributed by atoms with Crippen LogP contribution in [0.2, 0.25) is 18.1 Å². The monoisotopic (exact) mass is 267 g/mol. The number of carbonyl (C=O) groups is 1. The number of fused-ring (bicyclic) bond motifs is 1. The van der Waals surface area contributed by atoms with Crippen molar-refractivity contribution in [3.63, 3.8) is 0 Å². The number of rotatable bonds is 2. The van der Waals surface area contributed by atoms with Gasteiger partial charge in [-0.1, -0.05) is 26.8 Å². The van der Waals surface area contributed by atoms with Crippen molar-refractivity contribution in [2.75, 3.05) is 0 Å². The zero-order valence-corrected chi connectivity index (χ0v) is 12.7. The first-order valence-electron chi connectivity index (χ1n) is 6.33. The molecular weight excluding hydrogens is 246 g/mol. The third-order valence-corrected chi connectivity index (χ3v) is 8.35. The van der Waals surface area contributed by atoms with Gasteiger partial charge in [0.05, 0.1) is 12.3 Å². The van der Waals surface area contributed by atoms with Crippen LogP contribution in [0.4, 0.5) is 0 Å². The molecule has 0 aliphatic carbocycles. The number of carbonyl (C=O) groups excluding carboxylic acids is 1. The van der Waals surface area contributed by atoms with E-state index in [1.807, 2.05) is 12.2 Å². The Morgan fingerprint density at radius 1 is 1.39 bits per heavy atom. The summed E-state index contributed by atoms with van der Waals surface area (Å²) in [5, 5.41) is 0.143. The Balaban J connectivity index is 2.09. The minimum Gasteiger partial charge on any atom is -0.411 e. The fraction of sp³-hybridized carbons (Fsp3) is 0.692. The van der Waals surface area contributed by atoms with Gasteiger partial charge in [-0.2, -0.15) is 0 Å². The van der Waals surface area contributed by atoms with E-state index in [0.717, 1.165) is 0 Å². The lowest BCUT2D eigenvalue weighted by atomic mass is 10.1. The highest BCUT2D eigenvalue weighted by molar-refractivity contribution is 6.74. The van der Waals surface area contributed by atoms with E-state index in [9.17, 15) is 4.79 Å². The topological polar surface area (TPSA) is 47.9 Å². The molecule has 5 heteroatoms. The minimum absolute atomic E-state index is 0.0248. The summed E-state index contributed by atoms with van der Waals surface area (Å²) in [7, 11) is -1.85. The molecule has 2 atom stereocenters. The van der Waals surface area contributed by atoms with Crippen LogP contribution in [-0.2, 0) is 14.0 Å². The van der Waals surface area contributed by atoms with Crippen LogP contribution in [0.15, 0.2) is 17.1 Å². The predicted octanol–water partition coefficient (Wildman–Crippen LogP) is 2.87. The fourth-order valence-electron chi connectivity index (χ4n) is 1.72. The number of hydrogen-bond acceptors (Lipinski definition) is 4. The minimum atomic E-state index is -1.85. The fourth-order valence-corrected chi connectivity index (χ4v) is 2.80. The van der Waals surface area contributed by atoms with Gasteiger partial charge in [-0.3, -0.25) is 4.79 Å². The molecule has 0 saturated carbocycles. The van der Waals surface area contributed by atoms with Gasteiger partial charge < -0.3 is 9.16 Å². The Morgan fingerprint density at radius 2 is 2.06 bits per heavy atom. The van der Waals surface area contributed by atoms with Crippen molar-refractivity contribution < 1.29 is 14.0 Å². The molecule has 0 aromatic carbocycles. The molecule has 0 spiro atoms. The number of esters is 1. The van der Waals surface area contributed by atoms with Gasteiger partial charge in [0.2, 0.25) is 5.90 Å². The van der Waals surface area contributed by atoms with Crippen molar-refractivity contribution in [2.45, 2.75) is 51.6 Å². The molecule has 0 amide bonds. The molecule has 1 saturated heterocycles. The van der Waals surface area contributed by atoms with Crippen molar-refractivity contribution in [3.05, 3.63) is 12.2 Å². The molecule has 0 aromatic rings. The second-order valence-electron chi connectivity index (χ2n) is 6.41. The Hall–Kier alpha value is -0.943. The average molecular weight is 267 g/mol. The summed E-state index contributed by atoms with van der Waals surface area (Å²) in [5.74, 6) is 0.347. The first-order chi connectivity index (χ1) is 8.19. The van der Waals surface area contributed by atoms with Crippen molar-refractivity contribution in [2.24, 2.45) is 10.9 Å². The van der Waals surface area contributed by atoms with E-state index >= 15 is 0 Å². The third-order valence-electron chi connectivity index (χ3n) is 3.91. The maximum Gasteiger partial charge on any atom is 0.313 e. The van der Waals surface area contributed by atoms with Gasteiger partial charge in [0.15, 0.2) is 14.5 Å². The third kappa shape index (κ3) is 2.57. The number of hydrogen-bond donors (Lipinski definition) is 0. The number of ether oxygens (including phenoxy) is 1. The van der Waals surface area contributed by atoms with E-state index in [0.29, 0.717) is 12.3 Å². The molecule has 0 radical (unpaired) electrons. The number of aliphatic imine (C=N–C) groups is 1. The molecule has 2 rings (SSSR count). The van der Waals surface area contributed by atoms with E-state index in [-0.39, 0.29) is 23.2 Å². The lowest BCUT2D eigenvalue weighted by molar-refractivity contribution is -0.133. The smallest absolute Gasteiger partial charge is 0.313 e. The Labute approximate surface area is 109 Å². The second-order valence-corrected chi connectivity index (χ2v) is 11.2. The van der Waals surface area contributed by atoms with Crippen LogP contribution >= 0.6 is 0 Å². The average Bonchev–Trinajstić information content (AvgIpc) is 2.54. The van der Waals surface area contributed by atoms with Crippen LogP contribution in [0.25, 0.3) is 0 Å². The largest absolute Gasteiger partial charge is 0.411 e. The normalized spacial score (nSPS) is 27.8. The maximum absolute atomic E-state index is 11.2. The van der Waals surface area contributed by atoms with Gasteiger partial charge in [0.25, 0.3) is 0 Å². The summed E-state index contributed by atoms with van der Waals surface area (Å²) < 4.78 is 11.3. The highest BCUT2D eigenvalue weighted by atomic mass is 28.4. The van der Waals surface area contributed by atoms with Crippen LogP contribution in [0.1, 0.15) is 27.2 Å². The van der Waals surface area contributed by atoms with Crippen LogP contribution in [0.3, 0.4) is 0 Å². The van der Waals surface area contributed by atoms with E-state index in [2.05, 4.69) is 38.9 Å². The Morgan fingerprint density at radius 3 is 2.67 bits per heavy atom. The maximum atomic E-state index is 11.2. The first kappa shape index (κ1) is 13.5. The first-order valence-corrected chi connectivity index (χ1v) is 9.24. The predicted molar refractivity (Wildman–Crippen MR) is 72.8 cm³/mol. The summed E-state index contributed by atoms with van der Waals surface area (Å²) >= 11 is 0. The molecule has 0 aromatic heterocycles. The van der Waals surface area contributed by atoms with Crippen LogP contribution in [0.5, 0.6) is 0 Å². The summed E-state index contributed by atoms with van der Waals surface area (Å²) in [5.41, 5.74) is 0. The van der Waals surface area contributed by atoms with Gasteiger partial charge in [-0.15, -0.1) is 0 Å². The summed E-state index contributed by atoms with van der Waals surface area (Å²) in [6, 6.07) is 0. The SMILES string of the molecule is CC(C)(C)[Si](C)(C)OC1C=CC2CC(=O)OC2=N1. The Bertz CT molecular complexity index is 420. The van der Waals surface area contributed by atoms with Gasteiger partial charge in [-0.05, 0) is 24.2 Å². The van der Waals surface area contributed by atoms with Gasteiger partial charge in [0, 0.05) is 0 Å². The molecule has 2 heterocycles. The zero-order chi connectivity index (χ0) is 13.6. The second kappa shape index (κ2) is 4.31. The van der Waals surface area contributed by atoms with Crippen molar-refractivity contribution in [1.29, 1.82) is 0 Å². The van der Waals surface area contributed by atoms with Crippen molar-refractivity contribution in [3.8, 4) is 0 Å². The molecule has 0 N–H and O–H groups in total. The van der Waals surface area contributed by atoms with Crippen LogP contribution < -0.4 is 0 Å². The van der Waals surface area contributed by atoms with Crippen molar-refractivity contribution in [1.82, 2.24) is 0 Å².